The molecule has 0 unspecified atom stereocenters. The molecule has 0 aromatic heterocycles. The van der Waals surface area contributed by atoms with E-state index in [4.69, 9.17) is 0 Å². The van der Waals surface area contributed by atoms with E-state index >= 15 is 0 Å². The lowest BCUT2D eigenvalue weighted by atomic mass is 9.85. The van der Waals surface area contributed by atoms with Gasteiger partial charge in [0.1, 0.15) is 0 Å². The average molecular weight is 263 g/mol. The second-order valence-electron chi connectivity index (χ2n) is 5.16. The Labute approximate surface area is 114 Å². The molecule has 0 spiro atoms. The average Bonchev–Trinajstić information content (AvgIpc) is 2.25. The fourth-order valence-electron chi connectivity index (χ4n) is 1.96. The van der Waals surface area contributed by atoms with E-state index in [1.54, 1.807) is 0 Å². The van der Waals surface area contributed by atoms with Crippen LogP contribution in [-0.4, -0.2) is 11.2 Å². The van der Waals surface area contributed by atoms with Crippen molar-refractivity contribution in [1.82, 2.24) is 5.32 Å². The Bertz CT molecular complexity index is 395. The molecule has 1 aromatic rings. The molecule has 18 heavy (non-hydrogen) atoms. The highest BCUT2D eigenvalue weighted by atomic mass is 32.2. The summed E-state index contributed by atoms with van der Waals surface area (Å²) in [6.07, 6.45) is 3.34. The van der Waals surface area contributed by atoms with Gasteiger partial charge in [-0.2, -0.15) is 0 Å². The van der Waals surface area contributed by atoms with Gasteiger partial charge in [-0.25, -0.2) is 0 Å². The minimum atomic E-state index is 0.224. The smallest absolute Gasteiger partial charge is 0.223 e. The van der Waals surface area contributed by atoms with Gasteiger partial charge in [0.15, 0.2) is 0 Å². The SMILES string of the molecule is CC(C)Sc1ccc(CNC(=O)C2CCC2)cc1. The molecule has 1 aromatic carbocycles. The molecule has 1 aliphatic carbocycles. The highest BCUT2D eigenvalue weighted by Gasteiger charge is 2.24. The van der Waals surface area contributed by atoms with Gasteiger partial charge in [-0.15, -0.1) is 11.8 Å². The first-order valence-electron chi connectivity index (χ1n) is 6.68. The molecule has 0 atom stereocenters. The van der Waals surface area contributed by atoms with Gasteiger partial charge < -0.3 is 5.32 Å². The predicted octanol–water partition coefficient (Wildman–Crippen LogP) is 3.60. The number of hydrogen-bond acceptors (Lipinski definition) is 2. The van der Waals surface area contributed by atoms with Gasteiger partial charge in [0.05, 0.1) is 0 Å². The molecular formula is C15H21NOS. The van der Waals surface area contributed by atoms with Crippen molar-refractivity contribution in [3.05, 3.63) is 29.8 Å². The summed E-state index contributed by atoms with van der Waals surface area (Å²) in [5, 5.41) is 3.62. The normalized spacial score (nSPS) is 15.5. The minimum absolute atomic E-state index is 0.224. The number of carbonyl (C=O) groups excluding carboxylic acids is 1. The highest BCUT2D eigenvalue weighted by molar-refractivity contribution is 7.99. The fraction of sp³-hybridized carbons (Fsp3) is 0.533. The molecule has 0 radical (unpaired) electrons. The van der Waals surface area contributed by atoms with Gasteiger partial charge in [0, 0.05) is 22.6 Å². The van der Waals surface area contributed by atoms with Gasteiger partial charge in [0.2, 0.25) is 5.91 Å². The lowest BCUT2D eigenvalue weighted by Crippen LogP contribution is -2.33. The molecule has 0 aliphatic heterocycles. The third-order valence-electron chi connectivity index (χ3n) is 3.24. The van der Waals surface area contributed by atoms with E-state index in [1.165, 1.54) is 16.9 Å². The Kier molecular flexibility index (Phi) is 4.70. The summed E-state index contributed by atoms with van der Waals surface area (Å²) in [5.41, 5.74) is 1.18. The first-order chi connectivity index (χ1) is 8.65. The zero-order chi connectivity index (χ0) is 13.0. The second-order valence-corrected chi connectivity index (χ2v) is 6.81. The molecular weight excluding hydrogens is 242 g/mol. The van der Waals surface area contributed by atoms with Crippen molar-refractivity contribution >= 4 is 17.7 Å². The van der Waals surface area contributed by atoms with Crippen LogP contribution < -0.4 is 5.32 Å². The molecule has 98 valence electrons. The minimum Gasteiger partial charge on any atom is -0.352 e. The van der Waals surface area contributed by atoms with Crippen LogP contribution in [0.4, 0.5) is 0 Å². The molecule has 0 heterocycles. The third kappa shape index (κ3) is 3.77. The Morgan fingerprint density at radius 1 is 1.33 bits per heavy atom. The molecule has 1 aliphatic rings. The molecule has 3 heteroatoms. The van der Waals surface area contributed by atoms with E-state index in [2.05, 4.69) is 43.4 Å². The fourth-order valence-corrected chi connectivity index (χ4v) is 2.80. The van der Waals surface area contributed by atoms with E-state index in [1.807, 2.05) is 11.8 Å². The van der Waals surface area contributed by atoms with E-state index in [0.717, 1.165) is 12.8 Å². The second kappa shape index (κ2) is 6.28. The number of carbonyl (C=O) groups is 1. The maximum Gasteiger partial charge on any atom is 0.223 e. The largest absolute Gasteiger partial charge is 0.352 e. The van der Waals surface area contributed by atoms with Crippen LogP contribution >= 0.6 is 11.8 Å². The van der Waals surface area contributed by atoms with Gasteiger partial charge in [0.25, 0.3) is 0 Å². The summed E-state index contributed by atoms with van der Waals surface area (Å²) in [7, 11) is 0. The van der Waals surface area contributed by atoms with Crippen LogP contribution in [0.15, 0.2) is 29.2 Å². The van der Waals surface area contributed by atoms with Crippen molar-refractivity contribution in [2.45, 2.75) is 49.8 Å². The molecule has 1 saturated carbocycles. The van der Waals surface area contributed by atoms with E-state index in [0.29, 0.717) is 11.8 Å². The number of rotatable bonds is 5. The van der Waals surface area contributed by atoms with Crippen LogP contribution in [0.2, 0.25) is 0 Å². The summed E-state index contributed by atoms with van der Waals surface area (Å²) in [4.78, 5) is 13.0. The first kappa shape index (κ1) is 13.5. The Hall–Kier alpha value is -0.960. The summed E-state index contributed by atoms with van der Waals surface area (Å²) in [5.74, 6) is 0.502. The predicted molar refractivity (Wildman–Crippen MR) is 76.6 cm³/mol. The van der Waals surface area contributed by atoms with Gasteiger partial charge in [-0.1, -0.05) is 32.4 Å². The van der Waals surface area contributed by atoms with Crippen molar-refractivity contribution in [1.29, 1.82) is 0 Å². The molecule has 1 fully saturated rings. The van der Waals surface area contributed by atoms with Crippen molar-refractivity contribution < 1.29 is 4.79 Å². The molecule has 1 amide bonds. The zero-order valence-electron chi connectivity index (χ0n) is 11.1. The Morgan fingerprint density at radius 3 is 2.50 bits per heavy atom. The van der Waals surface area contributed by atoms with E-state index in [9.17, 15) is 4.79 Å². The molecule has 0 saturated heterocycles. The van der Waals surface area contributed by atoms with E-state index in [-0.39, 0.29) is 11.8 Å². The van der Waals surface area contributed by atoms with Gasteiger partial charge >= 0.3 is 0 Å². The van der Waals surface area contributed by atoms with Crippen molar-refractivity contribution in [2.24, 2.45) is 5.92 Å². The summed E-state index contributed by atoms with van der Waals surface area (Å²) < 4.78 is 0. The monoisotopic (exact) mass is 263 g/mol. The van der Waals surface area contributed by atoms with Gasteiger partial charge in [-0.3, -0.25) is 4.79 Å². The lowest BCUT2D eigenvalue weighted by molar-refractivity contribution is -0.127. The maximum atomic E-state index is 11.7. The van der Waals surface area contributed by atoms with Crippen LogP contribution in [0.1, 0.15) is 38.7 Å². The quantitative estimate of drug-likeness (QED) is 0.822. The zero-order valence-corrected chi connectivity index (χ0v) is 11.9. The van der Waals surface area contributed by atoms with Gasteiger partial charge in [-0.05, 0) is 30.5 Å². The number of hydrogen-bond donors (Lipinski definition) is 1. The Morgan fingerprint density at radius 2 is 2.00 bits per heavy atom. The first-order valence-corrected chi connectivity index (χ1v) is 7.56. The van der Waals surface area contributed by atoms with Crippen LogP contribution in [0, 0.1) is 5.92 Å². The van der Waals surface area contributed by atoms with Crippen LogP contribution in [0.3, 0.4) is 0 Å². The molecule has 2 nitrogen and oxygen atoms in total. The van der Waals surface area contributed by atoms with Crippen LogP contribution in [0.5, 0.6) is 0 Å². The molecule has 2 rings (SSSR count). The Balaban J connectivity index is 1.80. The maximum absolute atomic E-state index is 11.7. The summed E-state index contributed by atoms with van der Waals surface area (Å²) >= 11 is 1.86. The number of amides is 1. The van der Waals surface area contributed by atoms with Crippen molar-refractivity contribution in [3.8, 4) is 0 Å². The van der Waals surface area contributed by atoms with Crippen molar-refractivity contribution in [3.63, 3.8) is 0 Å². The third-order valence-corrected chi connectivity index (χ3v) is 4.25. The molecule has 0 bridgehead atoms. The summed E-state index contributed by atoms with van der Waals surface area (Å²) in [6, 6.07) is 8.47. The van der Waals surface area contributed by atoms with Crippen LogP contribution in [-0.2, 0) is 11.3 Å². The topological polar surface area (TPSA) is 29.1 Å². The standard InChI is InChI=1S/C15H21NOS/c1-11(2)18-14-8-6-12(7-9-14)10-16-15(17)13-4-3-5-13/h6-9,11,13H,3-5,10H2,1-2H3,(H,16,17). The highest BCUT2D eigenvalue weighted by Crippen LogP contribution is 2.26. The van der Waals surface area contributed by atoms with Crippen LogP contribution in [0.25, 0.3) is 0 Å². The number of nitrogens with one attached hydrogen (secondary N) is 1. The van der Waals surface area contributed by atoms with E-state index < -0.39 is 0 Å². The lowest BCUT2D eigenvalue weighted by Gasteiger charge is -2.24. The van der Waals surface area contributed by atoms with Crippen molar-refractivity contribution in [2.75, 3.05) is 0 Å². The summed E-state index contributed by atoms with van der Waals surface area (Å²) in [6.45, 7) is 5.04. The number of thioether (sulfide) groups is 1. The molecule has 1 N–H and O–H groups in total. The number of benzene rings is 1.